The van der Waals surface area contributed by atoms with Gasteiger partial charge in [-0.1, -0.05) is 24.6 Å². The molecule has 0 heterocycles. The summed E-state index contributed by atoms with van der Waals surface area (Å²) in [5, 5.41) is 26.8. The molecule has 10 nitrogen and oxygen atoms in total. The normalized spacial score (nSPS) is 38.4. The van der Waals surface area contributed by atoms with Crippen molar-refractivity contribution < 1.29 is 34.2 Å². The van der Waals surface area contributed by atoms with E-state index in [1.165, 1.54) is 12.5 Å². The molecule has 0 radical (unpaired) electrons. The summed E-state index contributed by atoms with van der Waals surface area (Å²) in [6.07, 6.45) is 8.43. The van der Waals surface area contributed by atoms with Gasteiger partial charge in [0.25, 0.3) is 5.91 Å². The lowest BCUT2D eigenvalue weighted by Gasteiger charge is -2.59. The van der Waals surface area contributed by atoms with Crippen molar-refractivity contribution in [3.8, 4) is 0 Å². The molecular formula is C27H39N3O7. The number of oxime groups is 1. The van der Waals surface area contributed by atoms with Gasteiger partial charge in [-0.05, 0) is 87.5 Å². The fourth-order valence-corrected chi connectivity index (χ4v) is 8.05. The van der Waals surface area contributed by atoms with Crippen molar-refractivity contribution in [2.75, 3.05) is 6.61 Å². The first-order valence-corrected chi connectivity index (χ1v) is 13.3. The molecule has 4 rings (SSSR count). The van der Waals surface area contributed by atoms with E-state index in [0.29, 0.717) is 30.6 Å². The van der Waals surface area contributed by atoms with Gasteiger partial charge in [-0.15, -0.1) is 0 Å². The fraction of sp³-hybridized carbons (Fsp3) is 0.741. The molecule has 204 valence electrons. The minimum Gasteiger partial charge on any atom is -0.480 e. The first-order valence-electron chi connectivity index (χ1n) is 13.3. The van der Waals surface area contributed by atoms with E-state index in [0.717, 1.165) is 44.2 Å². The molecule has 3 fully saturated rings. The third-order valence-corrected chi connectivity index (χ3v) is 10.1. The van der Waals surface area contributed by atoms with E-state index in [1.54, 1.807) is 0 Å². The van der Waals surface area contributed by atoms with Gasteiger partial charge in [-0.2, -0.15) is 0 Å². The number of fused-ring (bicyclic) bond motifs is 5. The number of nitrogens with one attached hydrogen (secondary N) is 1. The van der Waals surface area contributed by atoms with Crippen molar-refractivity contribution in [1.29, 1.82) is 0 Å². The number of aliphatic hydroxyl groups is 1. The van der Waals surface area contributed by atoms with E-state index in [4.69, 9.17) is 15.7 Å². The van der Waals surface area contributed by atoms with Crippen LogP contribution in [0.15, 0.2) is 16.8 Å². The van der Waals surface area contributed by atoms with Crippen LogP contribution in [0.1, 0.15) is 78.6 Å². The summed E-state index contributed by atoms with van der Waals surface area (Å²) < 4.78 is 0. The average molecular weight is 518 g/mol. The van der Waals surface area contributed by atoms with Crippen molar-refractivity contribution in [3.63, 3.8) is 0 Å². The van der Waals surface area contributed by atoms with Crippen molar-refractivity contribution in [2.24, 2.45) is 39.5 Å². The molecule has 0 aliphatic heterocycles. The number of allylic oxidation sites excluding steroid dienone is 2. The summed E-state index contributed by atoms with van der Waals surface area (Å²) in [5.41, 5.74) is 5.58. The van der Waals surface area contributed by atoms with E-state index in [1.807, 2.05) is 0 Å². The molecule has 0 saturated heterocycles. The first kappa shape index (κ1) is 27.3. The van der Waals surface area contributed by atoms with Gasteiger partial charge >= 0.3 is 5.97 Å². The van der Waals surface area contributed by atoms with Crippen molar-refractivity contribution >= 4 is 29.3 Å². The Labute approximate surface area is 217 Å². The molecule has 0 spiro atoms. The summed E-state index contributed by atoms with van der Waals surface area (Å²) in [7, 11) is 0. The predicted molar refractivity (Wildman–Crippen MR) is 134 cm³/mol. The number of primary amides is 1. The number of carboxylic acid groups (broad SMARTS) is 1. The zero-order valence-electron chi connectivity index (χ0n) is 21.9. The Morgan fingerprint density at radius 3 is 2.49 bits per heavy atom. The molecule has 4 aliphatic rings. The van der Waals surface area contributed by atoms with E-state index < -0.39 is 42.5 Å². The van der Waals surface area contributed by atoms with Gasteiger partial charge in [0, 0.05) is 5.41 Å². The highest BCUT2D eigenvalue weighted by atomic mass is 16.6. The second-order valence-electron chi connectivity index (χ2n) is 11.9. The molecule has 7 atom stereocenters. The second-order valence-corrected chi connectivity index (χ2v) is 11.9. The maximum Gasteiger partial charge on any atom is 0.326 e. The number of aliphatic carboxylic acids is 1. The zero-order chi connectivity index (χ0) is 27.2. The van der Waals surface area contributed by atoms with E-state index in [9.17, 15) is 24.3 Å². The molecule has 2 amide bonds. The summed E-state index contributed by atoms with van der Waals surface area (Å²) in [6.45, 7) is 5.53. The van der Waals surface area contributed by atoms with Crippen LogP contribution >= 0.6 is 0 Å². The third kappa shape index (κ3) is 4.69. The fourth-order valence-electron chi connectivity index (χ4n) is 8.05. The molecule has 37 heavy (non-hydrogen) atoms. The number of ketones is 1. The summed E-state index contributed by atoms with van der Waals surface area (Å²) >= 11 is 0. The standard InChI is InChI=1S/C27H39N3O7/c1-15(31)27(36)11-8-20-18-5-4-16-12-17(6-9-25(16,2)19(18)7-10-26(20,27)3)30-37-14-23(33)29-21(24(34)35)13-22(28)32/h12,18-21,36H,4-11,13-14H2,1-3H3,(H2,28,32)(H,29,33)(H,34,35)/b30-17-/t18-,19+,20+,21+,25+,26+,27+/m1/s1. The number of Topliss-reactive ketones (excluding diaryl/α,β-unsaturated/α-hetero) is 1. The lowest BCUT2D eigenvalue weighted by atomic mass is 9.46. The quantitative estimate of drug-likeness (QED) is 0.357. The smallest absolute Gasteiger partial charge is 0.326 e. The number of amides is 2. The molecule has 0 aromatic carbocycles. The van der Waals surface area contributed by atoms with E-state index in [-0.39, 0.29) is 16.6 Å². The molecule has 5 N–H and O–H groups in total. The minimum absolute atomic E-state index is 0.0288. The lowest BCUT2D eigenvalue weighted by Crippen LogP contribution is -2.57. The Hall–Kier alpha value is -2.75. The Morgan fingerprint density at radius 2 is 1.84 bits per heavy atom. The van der Waals surface area contributed by atoms with Gasteiger partial charge in [0.1, 0.15) is 11.6 Å². The monoisotopic (exact) mass is 517 g/mol. The summed E-state index contributed by atoms with van der Waals surface area (Å²) in [6, 6.07) is -1.40. The number of hydrogen-bond donors (Lipinski definition) is 4. The van der Waals surface area contributed by atoms with Crippen LogP contribution in [-0.2, 0) is 24.0 Å². The van der Waals surface area contributed by atoms with Gasteiger partial charge in [0.05, 0.1) is 12.1 Å². The Bertz CT molecular complexity index is 1050. The van der Waals surface area contributed by atoms with Gasteiger partial charge in [-0.3, -0.25) is 14.4 Å². The van der Waals surface area contributed by atoms with Crippen molar-refractivity contribution in [1.82, 2.24) is 5.32 Å². The number of nitrogens with two attached hydrogens (primary N) is 1. The highest BCUT2D eigenvalue weighted by Gasteiger charge is 2.65. The molecule has 3 saturated carbocycles. The molecule has 4 aliphatic carbocycles. The average Bonchev–Trinajstić information content (AvgIpc) is 3.10. The van der Waals surface area contributed by atoms with E-state index in [2.05, 4.69) is 30.4 Å². The van der Waals surface area contributed by atoms with Gasteiger partial charge in [0.15, 0.2) is 12.4 Å². The number of nitrogens with zero attached hydrogens (tertiary/aromatic N) is 1. The van der Waals surface area contributed by atoms with Crippen molar-refractivity contribution in [2.45, 2.75) is 90.2 Å². The number of carbonyl (C=O) groups excluding carboxylic acids is 3. The predicted octanol–water partition coefficient (Wildman–Crippen LogP) is 2.09. The number of rotatable bonds is 8. The number of hydrogen-bond acceptors (Lipinski definition) is 7. The molecule has 0 aromatic heterocycles. The lowest BCUT2D eigenvalue weighted by molar-refractivity contribution is -0.159. The zero-order valence-corrected chi connectivity index (χ0v) is 21.9. The van der Waals surface area contributed by atoms with Crippen LogP contribution in [0.3, 0.4) is 0 Å². The van der Waals surface area contributed by atoms with Crippen molar-refractivity contribution in [3.05, 3.63) is 11.6 Å². The van der Waals surface area contributed by atoms with E-state index >= 15 is 0 Å². The van der Waals surface area contributed by atoms with Gasteiger partial charge in [0.2, 0.25) is 5.91 Å². The van der Waals surface area contributed by atoms with Gasteiger partial charge in [-0.25, -0.2) is 4.79 Å². The molecule has 0 aromatic rings. The Kier molecular flexibility index (Phi) is 7.27. The third-order valence-electron chi connectivity index (χ3n) is 10.1. The molecule has 0 unspecified atom stereocenters. The highest BCUT2D eigenvalue weighted by molar-refractivity contribution is 5.96. The molecular weight excluding hydrogens is 478 g/mol. The largest absolute Gasteiger partial charge is 0.480 e. The molecule has 0 bridgehead atoms. The summed E-state index contributed by atoms with van der Waals surface area (Å²) in [4.78, 5) is 51.8. The summed E-state index contributed by atoms with van der Waals surface area (Å²) in [5.74, 6) is -1.65. The second kappa shape index (κ2) is 9.85. The highest BCUT2D eigenvalue weighted by Crippen LogP contribution is 2.67. The maximum atomic E-state index is 12.4. The van der Waals surface area contributed by atoms with Crippen LogP contribution < -0.4 is 11.1 Å². The van der Waals surface area contributed by atoms with Crippen LogP contribution in [0.5, 0.6) is 0 Å². The van der Waals surface area contributed by atoms with Crippen LogP contribution in [0.25, 0.3) is 0 Å². The van der Waals surface area contributed by atoms with Crippen LogP contribution in [0.4, 0.5) is 0 Å². The Morgan fingerprint density at radius 1 is 1.14 bits per heavy atom. The number of carboxylic acids is 1. The maximum absolute atomic E-state index is 12.4. The van der Waals surface area contributed by atoms with Crippen LogP contribution in [0.2, 0.25) is 0 Å². The SMILES string of the molecule is CC(=O)[C@@]1(O)CC[C@H]2[C@@H]3CCC4=C/C(=N\OCC(=O)N[C@@H](CC(N)=O)C(=O)O)CC[C@]4(C)[C@H]3CC[C@@]21C. The minimum atomic E-state index is -1.40. The Balaban J connectivity index is 1.40. The first-order chi connectivity index (χ1) is 17.3. The van der Waals surface area contributed by atoms with Crippen LogP contribution in [0, 0.1) is 28.6 Å². The van der Waals surface area contributed by atoms with Gasteiger partial charge < -0.3 is 26.1 Å². The van der Waals surface area contributed by atoms with Crippen LogP contribution in [-0.4, -0.2) is 57.7 Å². The number of carbonyl (C=O) groups is 4. The topological polar surface area (TPSA) is 168 Å². The molecule has 10 heteroatoms.